The van der Waals surface area contributed by atoms with E-state index >= 15 is 0 Å². The molecule has 0 spiro atoms. The predicted molar refractivity (Wildman–Crippen MR) is 267 cm³/mol. The predicted octanol–water partition coefficient (Wildman–Crippen LogP) is -4.47. The second-order valence-corrected chi connectivity index (χ2v) is 19.6. The van der Waals surface area contributed by atoms with E-state index in [1.54, 1.807) is 26.4 Å². The van der Waals surface area contributed by atoms with Gasteiger partial charge in [0.2, 0.25) is 53.2 Å². The summed E-state index contributed by atoms with van der Waals surface area (Å²) in [6.45, 7) is 6.20. The molecule has 1 saturated heterocycles. The summed E-state index contributed by atoms with van der Waals surface area (Å²) in [5, 5.41) is 47.1. The van der Waals surface area contributed by atoms with Crippen molar-refractivity contribution >= 4 is 94.6 Å². The van der Waals surface area contributed by atoms with Gasteiger partial charge in [-0.05, 0) is 95.1 Å². The van der Waals surface area contributed by atoms with Crippen LogP contribution in [-0.2, 0) is 52.7 Å². The van der Waals surface area contributed by atoms with Crippen LogP contribution >= 0.6 is 23.5 Å². The number of likely N-dealkylation sites (tertiary alicyclic amines) is 1. The Balaban J connectivity index is 3.39. The first kappa shape index (κ1) is 64.1. The molecule has 0 bridgehead atoms. The fourth-order valence-electron chi connectivity index (χ4n) is 7.21. The van der Waals surface area contributed by atoms with E-state index in [0.717, 1.165) is 6.92 Å². The van der Waals surface area contributed by atoms with Gasteiger partial charge >= 0.3 is 11.9 Å². The Morgan fingerprint density at radius 3 is 1.68 bits per heavy atom. The summed E-state index contributed by atoms with van der Waals surface area (Å²) < 4.78 is 0. The van der Waals surface area contributed by atoms with Crippen LogP contribution in [0.15, 0.2) is 4.99 Å². The van der Waals surface area contributed by atoms with Gasteiger partial charge in [-0.15, -0.1) is 0 Å². The molecule has 0 unspecified atom stereocenters. The van der Waals surface area contributed by atoms with Crippen LogP contribution in [0.4, 0.5) is 0 Å². The van der Waals surface area contributed by atoms with Crippen LogP contribution < -0.4 is 60.2 Å². The van der Waals surface area contributed by atoms with E-state index in [2.05, 4.69) is 42.2 Å². The third-order valence-electron chi connectivity index (χ3n) is 11.0. The second kappa shape index (κ2) is 32.9. The Kier molecular flexibility index (Phi) is 29.3. The van der Waals surface area contributed by atoms with Crippen LogP contribution in [0.25, 0.3) is 0 Å². The van der Waals surface area contributed by atoms with Crippen LogP contribution in [0.5, 0.6) is 0 Å². The number of nitrogens with zero attached hydrogens (tertiary/aromatic N) is 2. The van der Waals surface area contributed by atoms with Crippen LogP contribution in [0.2, 0.25) is 0 Å². The molecule has 1 aliphatic rings. The molecule has 18 N–H and O–H groups in total. The number of hydrogen-bond acceptors (Lipinski definition) is 16. The minimum Gasteiger partial charge on any atom is -0.481 e. The third-order valence-corrected chi connectivity index (χ3v) is 12.3. The van der Waals surface area contributed by atoms with Crippen molar-refractivity contribution in [2.45, 2.75) is 152 Å². The topological polar surface area (TPSA) is 452 Å². The normalized spacial score (nSPS) is 17.0. The number of aliphatic hydroxyl groups excluding tert-OH is 1. The van der Waals surface area contributed by atoms with Crippen molar-refractivity contribution in [1.29, 1.82) is 0 Å². The van der Waals surface area contributed by atoms with Gasteiger partial charge in [0.15, 0.2) is 5.96 Å². The van der Waals surface area contributed by atoms with Crippen molar-refractivity contribution in [2.75, 3.05) is 37.1 Å². The number of carbonyl (C=O) groups excluding carboxylic acids is 9. The van der Waals surface area contributed by atoms with Crippen molar-refractivity contribution in [3.05, 3.63) is 0 Å². The van der Waals surface area contributed by atoms with E-state index in [1.165, 1.54) is 35.3 Å². The molecule has 408 valence electrons. The molecule has 72 heavy (non-hydrogen) atoms. The van der Waals surface area contributed by atoms with Gasteiger partial charge in [-0.2, -0.15) is 23.5 Å². The molecule has 27 nitrogen and oxygen atoms in total. The molecule has 0 aliphatic carbocycles. The highest BCUT2D eigenvalue weighted by Gasteiger charge is 2.41. The fraction of sp³-hybridized carbons (Fsp3) is 0.721. The maximum Gasteiger partial charge on any atom is 0.326 e. The van der Waals surface area contributed by atoms with Gasteiger partial charge < -0.3 is 80.4 Å². The number of carbonyl (C=O) groups is 11. The zero-order valence-corrected chi connectivity index (χ0v) is 43.2. The number of hydrogen-bond donors (Lipinski definition) is 14. The van der Waals surface area contributed by atoms with Gasteiger partial charge in [0.05, 0.1) is 18.6 Å². The number of carboxylic acid groups (broad SMARTS) is 2. The maximum absolute atomic E-state index is 14.3. The molecule has 9 amide bonds. The van der Waals surface area contributed by atoms with Crippen LogP contribution in [0.3, 0.4) is 0 Å². The summed E-state index contributed by atoms with van der Waals surface area (Å²) in [5.74, 6) is -10.6. The lowest BCUT2D eigenvalue weighted by Crippen LogP contribution is -2.62. The Morgan fingerprint density at radius 2 is 1.17 bits per heavy atom. The van der Waals surface area contributed by atoms with E-state index in [9.17, 15) is 68.1 Å². The minimum atomic E-state index is -1.86. The summed E-state index contributed by atoms with van der Waals surface area (Å²) in [4.78, 5) is 150. The van der Waals surface area contributed by atoms with Gasteiger partial charge in [-0.3, -0.25) is 52.9 Å². The lowest BCUT2D eigenvalue weighted by Gasteiger charge is -2.31. The highest BCUT2D eigenvalue weighted by Crippen LogP contribution is 2.21. The molecule has 1 fully saturated rings. The third kappa shape index (κ3) is 23.5. The van der Waals surface area contributed by atoms with E-state index < -0.39 is 138 Å². The first-order valence-electron chi connectivity index (χ1n) is 23.4. The second-order valence-electron chi connectivity index (χ2n) is 17.7. The number of nitrogens with one attached hydrogen (secondary N) is 7. The summed E-state index contributed by atoms with van der Waals surface area (Å²) in [6, 6.07) is -12.6. The summed E-state index contributed by atoms with van der Waals surface area (Å²) in [6.07, 6.45) is 0.746. The number of guanidine groups is 1. The van der Waals surface area contributed by atoms with Crippen LogP contribution in [-0.4, -0.2) is 189 Å². The molecule has 10 atom stereocenters. The standard InChI is InChI=1S/C43H75N13O14S2/c1-21(2)19-28(53-34(61)22(3)44)38(65)55-33(23(4)57)40(67)54-29(20-32(59)60)37(64)51-26(14-18-72-6)41(68)56-16-8-10-30(56)39(66)50-24(11-12-31(45)58)35(62)49-25(13-17-71-5)36(63)52-27(42(69)70)9-7-15-48-43(46)47/h21-30,33,57H,7-20,44H2,1-6H3,(H2,45,58)(H,49,62)(H,50,66)(H,51,64)(H,52,63)(H,53,61)(H,54,67)(H,55,65)(H,59,60)(H,69,70)(H4,46,47,48)/t22-,23+,24-,25-,26-,27-,28-,29-,30-,33-/m0/s1. The maximum atomic E-state index is 14.3. The number of amides is 9. The van der Waals surface area contributed by atoms with E-state index in [0.29, 0.717) is 5.75 Å². The Labute approximate surface area is 426 Å². The van der Waals surface area contributed by atoms with Gasteiger partial charge in [0.1, 0.15) is 48.3 Å². The molecule has 0 radical (unpaired) electrons. The average Bonchev–Trinajstić information content (AvgIpc) is 3.79. The number of aliphatic imine (C=N–C) groups is 1. The monoisotopic (exact) mass is 1060 g/mol. The van der Waals surface area contributed by atoms with Gasteiger partial charge in [0.25, 0.3) is 0 Å². The van der Waals surface area contributed by atoms with Crippen molar-refractivity contribution in [2.24, 2.45) is 33.8 Å². The molecule has 0 aromatic heterocycles. The van der Waals surface area contributed by atoms with Gasteiger partial charge in [0, 0.05) is 19.5 Å². The van der Waals surface area contributed by atoms with Gasteiger partial charge in [-0.1, -0.05) is 13.8 Å². The van der Waals surface area contributed by atoms with E-state index in [1.807, 2.05) is 0 Å². The molecule has 29 heteroatoms. The molecular formula is C43H75N13O14S2. The number of rotatable bonds is 34. The Morgan fingerprint density at radius 1 is 0.653 bits per heavy atom. The number of thioether (sulfide) groups is 2. The SMILES string of the molecule is CSCC[C@H](NC(=O)[C@H](CCC(N)=O)NC(=O)[C@@H]1CCCN1C(=O)[C@H](CCSC)NC(=O)[C@H](CC(=O)O)NC(=O)[C@@H](NC(=O)[C@H](CC(C)C)NC(=O)[C@H](C)N)[C@@H](C)O)C(=O)N[C@@H](CCCN=C(N)N)C(=O)O. The molecule has 0 aromatic carbocycles. The fourth-order valence-corrected chi connectivity index (χ4v) is 8.16. The highest BCUT2D eigenvalue weighted by molar-refractivity contribution is 7.98. The summed E-state index contributed by atoms with van der Waals surface area (Å²) in [7, 11) is 0. The van der Waals surface area contributed by atoms with E-state index in [4.69, 9.17) is 22.9 Å². The molecule has 1 aliphatic heterocycles. The Bertz CT molecular complexity index is 1920. The lowest BCUT2D eigenvalue weighted by molar-refractivity contribution is -0.144. The summed E-state index contributed by atoms with van der Waals surface area (Å²) >= 11 is 2.63. The first-order chi connectivity index (χ1) is 33.7. The van der Waals surface area contributed by atoms with Crippen molar-refractivity contribution in [1.82, 2.24) is 42.1 Å². The smallest absolute Gasteiger partial charge is 0.326 e. The zero-order valence-electron chi connectivity index (χ0n) is 41.6. The average molecular weight is 1060 g/mol. The summed E-state index contributed by atoms with van der Waals surface area (Å²) in [5.41, 5.74) is 21.7. The van der Waals surface area contributed by atoms with Crippen molar-refractivity contribution in [3.63, 3.8) is 0 Å². The van der Waals surface area contributed by atoms with Crippen molar-refractivity contribution in [3.8, 4) is 0 Å². The molecule has 0 aromatic rings. The number of aliphatic carboxylic acids is 2. The minimum absolute atomic E-state index is 0.00183. The largest absolute Gasteiger partial charge is 0.481 e. The molecule has 1 heterocycles. The molecule has 1 rings (SSSR count). The molecule has 0 saturated carbocycles. The first-order valence-corrected chi connectivity index (χ1v) is 26.2. The zero-order chi connectivity index (χ0) is 54.8. The quantitative estimate of drug-likeness (QED) is 0.0164. The van der Waals surface area contributed by atoms with Crippen molar-refractivity contribution < 1.29 is 68.1 Å². The number of carboxylic acids is 2. The van der Waals surface area contributed by atoms with Gasteiger partial charge in [-0.25, -0.2) is 4.79 Å². The number of aliphatic hydroxyl groups is 1. The number of nitrogens with two attached hydrogens (primary N) is 4. The van der Waals surface area contributed by atoms with E-state index in [-0.39, 0.29) is 82.1 Å². The van der Waals surface area contributed by atoms with Crippen LogP contribution in [0, 0.1) is 5.92 Å². The van der Waals surface area contributed by atoms with Crippen LogP contribution in [0.1, 0.15) is 91.9 Å². The lowest BCUT2D eigenvalue weighted by atomic mass is 10.0. The number of primary amides is 1. The Hall–Kier alpha value is -5.94. The molecular weight excluding hydrogens is 987 g/mol. The highest BCUT2D eigenvalue weighted by atomic mass is 32.2.